The van der Waals surface area contributed by atoms with E-state index in [1.165, 1.54) is 0 Å². The predicted octanol–water partition coefficient (Wildman–Crippen LogP) is 1.62. The molecule has 0 aliphatic carbocycles. The fourth-order valence-corrected chi connectivity index (χ4v) is 2.00. The summed E-state index contributed by atoms with van der Waals surface area (Å²) in [5.41, 5.74) is 1.33. The molecule has 6 heteroatoms. The minimum atomic E-state index is -0.243. The lowest BCUT2D eigenvalue weighted by Crippen LogP contribution is -2.28. The summed E-state index contributed by atoms with van der Waals surface area (Å²) in [7, 11) is 0. The van der Waals surface area contributed by atoms with Gasteiger partial charge < -0.3 is 5.32 Å². The first kappa shape index (κ1) is 12.3. The Morgan fingerprint density at radius 2 is 2.00 bits per heavy atom. The zero-order valence-corrected chi connectivity index (χ0v) is 10.9. The molecule has 0 aliphatic rings. The highest BCUT2D eigenvalue weighted by atomic mass is 16.1. The summed E-state index contributed by atoms with van der Waals surface area (Å²) >= 11 is 0. The molecule has 100 valence electrons. The van der Waals surface area contributed by atoms with Gasteiger partial charge in [-0.2, -0.15) is 0 Å². The molecule has 3 rings (SSSR count). The molecule has 0 fully saturated rings. The lowest BCUT2D eigenvalue weighted by molar-refractivity contribution is 0.0938. The van der Waals surface area contributed by atoms with Crippen molar-refractivity contribution >= 4 is 11.6 Å². The number of hydrogen-bond acceptors (Lipinski definition) is 4. The van der Waals surface area contributed by atoms with Gasteiger partial charge in [0.25, 0.3) is 5.91 Å². The fraction of sp³-hybridized carbons (Fsp3) is 0.143. The van der Waals surface area contributed by atoms with Gasteiger partial charge in [0.2, 0.25) is 0 Å². The summed E-state index contributed by atoms with van der Waals surface area (Å²) in [6, 6.07) is 8.76. The molecule has 1 atom stereocenters. The SMILES string of the molecule is C[C@H](NC(=O)c1ccncc1)c1nnc2ccccn12. The number of hydrogen-bond donors (Lipinski definition) is 1. The molecule has 1 N–H and O–H groups in total. The molecule has 0 saturated carbocycles. The Bertz CT molecular complexity index is 737. The van der Waals surface area contributed by atoms with Gasteiger partial charge in [0.1, 0.15) is 0 Å². The van der Waals surface area contributed by atoms with Gasteiger partial charge in [0.15, 0.2) is 11.5 Å². The van der Waals surface area contributed by atoms with Crippen molar-refractivity contribution in [1.29, 1.82) is 0 Å². The second kappa shape index (κ2) is 5.08. The van der Waals surface area contributed by atoms with E-state index in [0.29, 0.717) is 11.4 Å². The lowest BCUT2D eigenvalue weighted by Gasteiger charge is -2.12. The highest BCUT2D eigenvalue weighted by Gasteiger charge is 2.16. The maximum atomic E-state index is 12.1. The first-order valence-electron chi connectivity index (χ1n) is 6.26. The Hall–Kier alpha value is -2.76. The number of nitrogens with one attached hydrogen (secondary N) is 1. The average Bonchev–Trinajstić information content (AvgIpc) is 2.92. The molecule has 0 unspecified atom stereocenters. The van der Waals surface area contributed by atoms with Gasteiger partial charge >= 0.3 is 0 Å². The van der Waals surface area contributed by atoms with Gasteiger partial charge in [-0.05, 0) is 31.2 Å². The number of nitrogens with zero attached hydrogens (tertiary/aromatic N) is 4. The quantitative estimate of drug-likeness (QED) is 0.782. The third-order valence-electron chi connectivity index (χ3n) is 3.02. The summed E-state index contributed by atoms with van der Waals surface area (Å²) in [5.74, 6) is 0.538. The zero-order chi connectivity index (χ0) is 13.9. The minimum absolute atomic E-state index is 0.160. The zero-order valence-electron chi connectivity index (χ0n) is 10.9. The molecule has 0 spiro atoms. The molecule has 0 bridgehead atoms. The van der Waals surface area contributed by atoms with Crippen LogP contribution in [0.1, 0.15) is 29.1 Å². The van der Waals surface area contributed by atoms with E-state index in [9.17, 15) is 4.79 Å². The van der Waals surface area contributed by atoms with E-state index in [2.05, 4.69) is 20.5 Å². The summed E-state index contributed by atoms with van der Waals surface area (Å²) < 4.78 is 1.86. The standard InChI is InChI=1S/C14H13N5O/c1-10(16-14(20)11-5-7-15-8-6-11)13-18-17-12-4-2-3-9-19(12)13/h2-10H,1H3,(H,16,20)/t10-/m0/s1. The Kier molecular flexibility index (Phi) is 3.12. The molecule has 0 radical (unpaired) electrons. The number of rotatable bonds is 3. The van der Waals surface area contributed by atoms with Crippen LogP contribution in [0, 0.1) is 0 Å². The molecule has 20 heavy (non-hydrogen) atoms. The van der Waals surface area contributed by atoms with Crippen LogP contribution in [-0.2, 0) is 0 Å². The van der Waals surface area contributed by atoms with Crippen molar-refractivity contribution in [3.05, 3.63) is 60.3 Å². The van der Waals surface area contributed by atoms with Crippen LogP contribution in [0.5, 0.6) is 0 Å². The van der Waals surface area contributed by atoms with Gasteiger partial charge in [0.05, 0.1) is 6.04 Å². The van der Waals surface area contributed by atoms with Crippen LogP contribution in [0.4, 0.5) is 0 Å². The summed E-state index contributed by atoms with van der Waals surface area (Å²) in [4.78, 5) is 16.0. The molecule has 1 amide bonds. The summed E-state index contributed by atoms with van der Waals surface area (Å²) in [6.45, 7) is 1.88. The second-order valence-corrected chi connectivity index (χ2v) is 4.42. The van der Waals surface area contributed by atoms with Gasteiger partial charge in [0, 0.05) is 24.2 Å². The highest BCUT2D eigenvalue weighted by Crippen LogP contribution is 2.12. The van der Waals surface area contributed by atoms with Gasteiger partial charge in [-0.25, -0.2) is 0 Å². The monoisotopic (exact) mass is 267 g/mol. The Labute approximate surface area is 115 Å². The van der Waals surface area contributed by atoms with Crippen molar-refractivity contribution in [1.82, 2.24) is 24.9 Å². The normalized spacial score (nSPS) is 12.2. The fourth-order valence-electron chi connectivity index (χ4n) is 2.00. The van der Waals surface area contributed by atoms with Crippen LogP contribution in [0.2, 0.25) is 0 Å². The molecule has 3 heterocycles. The molecule has 3 aromatic heterocycles. The van der Waals surface area contributed by atoms with Crippen LogP contribution in [-0.4, -0.2) is 25.5 Å². The summed E-state index contributed by atoms with van der Waals surface area (Å²) in [6.07, 6.45) is 5.05. The van der Waals surface area contributed by atoms with E-state index in [0.717, 1.165) is 5.65 Å². The molecule has 6 nitrogen and oxygen atoms in total. The van der Waals surface area contributed by atoms with E-state index in [1.807, 2.05) is 35.7 Å². The molecular weight excluding hydrogens is 254 g/mol. The van der Waals surface area contributed by atoms with Crippen LogP contribution < -0.4 is 5.32 Å². The maximum absolute atomic E-state index is 12.1. The van der Waals surface area contributed by atoms with Gasteiger partial charge in [-0.3, -0.25) is 14.2 Å². The Morgan fingerprint density at radius 1 is 1.20 bits per heavy atom. The summed E-state index contributed by atoms with van der Waals surface area (Å²) in [5, 5.41) is 11.1. The number of pyridine rings is 2. The van der Waals surface area contributed by atoms with E-state index < -0.39 is 0 Å². The molecular formula is C14H13N5O. The van der Waals surface area contributed by atoms with Crippen molar-refractivity contribution in [3.63, 3.8) is 0 Å². The van der Waals surface area contributed by atoms with Crippen LogP contribution in [0.25, 0.3) is 5.65 Å². The molecule has 0 aliphatic heterocycles. The molecule has 0 aromatic carbocycles. The van der Waals surface area contributed by atoms with Crippen molar-refractivity contribution in [3.8, 4) is 0 Å². The van der Waals surface area contributed by atoms with Crippen LogP contribution in [0.3, 0.4) is 0 Å². The Balaban J connectivity index is 1.83. The number of aromatic nitrogens is 4. The smallest absolute Gasteiger partial charge is 0.251 e. The van der Waals surface area contributed by atoms with Crippen LogP contribution in [0.15, 0.2) is 48.9 Å². The predicted molar refractivity (Wildman–Crippen MR) is 73.1 cm³/mol. The van der Waals surface area contributed by atoms with E-state index in [1.54, 1.807) is 24.5 Å². The van der Waals surface area contributed by atoms with Gasteiger partial charge in [-0.15, -0.1) is 10.2 Å². The number of amides is 1. The van der Waals surface area contributed by atoms with Crippen molar-refractivity contribution in [2.45, 2.75) is 13.0 Å². The van der Waals surface area contributed by atoms with Crippen LogP contribution >= 0.6 is 0 Å². The highest BCUT2D eigenvalue weighted by molar-refractivity contribution is 5.94. The second-order valence-electron chi connectivity index (χ2n) is 4.42. The van der Waals surface area contributed by atoms with Gasteiger partial charge in [-0.1, -0.05) is 6.07 Å². The van der Waals surface area contributed by atoms with Crippen molar-refractivity contribution in [2.24, 2.45) is 0 Å². The minimum Gasteiger partial charge on any atom is -0.342 e. The Morgan fingerprint density at radius 3 is 2.80 bits per heavy atom. The third-order valence-corrected chi connectivity index (χ3v) is 3.02. The van der Waals surface area contributed by atoms with E-state index in [4.69, 9.17) is 0 Å². The third kappa shape index (κ3) is 2.23. The van der Waals surface area contributed by atoms with Crippen molar-refractivity contribution < 1.29 is 4.79 Å². The molecule has 3 aromatic rings. The topological polar surface area (TPSA) is 72.2 Å². The lowest BCUT2D eigenvalue weighted by atomic mass is 10.2. The number of carbonyl (C=O) groups is 1. The largest absolute Gasteiger partial charge is 0.342 e. The maximum Gasteiger partial charge on any atom is 0.251 e. The average molecular weight is 267 g/mol. The molecule has 0 saturated heterocycles. The first-order chi connectivity index (χ1) is 9.75. The van der Waals surface area contributed by atoms with E-state index >= 15 is 0 Å². The number of carbonyl (C=O) groups excluding carboxylic acids is 1. The van der Waals surface area contributed by atoms with E-state index in [-0.39, 0.29) is 11.9 Å². The number of fused-ring (bicyclic) bond motifs is 1. The first-order valence-corrected chi connectivity index (χ1v) is 6.26. The van der Waals surface area contributed by atoms with Crippen molar-refractivity contribution in [2.75, 3.05) is 0 Å².